The highest BCUT2D eigenvalue weighted by Crippen LogP contribution is 2.20. The summed E-state index contributed by atoms with van der Waals surface area (Å²) in [6.07, 6.45) is 0. The van der Waals surface area contributed by atoms with E-state index in [-0.39, 0.29) is 18.4 Å². The van der Waals surface area contributed by atoms with Gasteiger partial charge in [-0.25, -0.2) is 0 Å². The Morgan fingerprint density at radius 3 is 2.32 bits per heavy atom. The molecule has 2 aromatic rings. The van der Waals surface area contributed by atoms with E-state index in [9.17, 15) is 9.59 Å². The first kappa shape index (κ1) is 18.3. The van der Waals surface area contributed by atoms with E-state index < -0.39 is 0 Å². The molecule has 132 valence electrons. The number of hydrogen-bond donors (Lipinski definition) is 1. The van der Waals surface area contributed by atoms with Crippen molar-refractivity contribution in [1.29, 1.82) is 0 Å². The summed E-state index contributed by atoms with van der Waals surface area (Å²) >= 11 is 0. The number of carbonyl (C=O) groups excluding carboxylic acids is 2. The van der Waals surface area contributed by atoms with Gasteiger partial charge >= 0.3 is 0 Å². The van der Waals surface area contributed by atoms with Crippen molar-refractivity contribution >= 4 is 17.5 Å². The minimum absolute atomic E-state index is 0.0545. The molecule has 2 rings (SSSR count). The largest absolute Gasteiger partial charge is 0.497 e. The Bertz CT molecular complexity index is 757. The Morgan fingerprint density at radius 2 is 1.72 bits per heavy atom. The van der Waals surface area contributed by atoms with Crippen LogP contribution in [0, 0.1) is 6.92 Å². The van der Waals surface area contributed by atoms with E-state index in [2.05, 4.69) is 5.32 Å². The molecule has 0 radical (unpaired) electrons. The van der Waals surface area contributed by atoms with Crippen molar-refractivity contribution in [2.24, 2.45) is 0 Å². The number of aryl methyl sites for hydroxylation is 1. The molecule has 0 aliphatic carbocycles. The molecule has 6 heteroatoms. The number of methoxy groups -OCH3 is 2. The molecular formula is C19H22N2O4. The number of hydrogen-bond acceptors (Lipinski definition) is 4. The van der Waals surface area contributed by atoms with Crippen molar-refractivity contribution < 1.29 is 19.1 Å². The standard InChI is InChI=1S/C19H22N2O4/c1-13-5-6-14(11-17(13)25-4)19(23)21(2)12-18(22)20-15-7-9-16(24-3)10-8-15/h5-11H,12H2,1-4H3,(H,20,22). The predicted octanol–water partition coefficient (Wildman–Crippen LogP) is 2.72. The summed E-state index contributed by atoms with van der Waals surface area (Å²) in [5, 5.41) is 2.75. The van der Waals surface area contributed by atoms with E-state index >= 15 is 0 Å². The molecular weight excluding hydrogens is 320 g/mol. The van der Waals surface area contributed by atoms with Gasteiger partial charge in [0.1, 0.15) is 11.5 Å². The lowest BCUT2D eigenvalue weighted by atomic mass is 10.1. The first-order valence-electron chi connectivity index (χ1n) is 7.78. The van der Waals surface area contributed by atoms with Crippen LogP contribution in [0.25, 0.3) is 0 Å². The molecule has 1 N–H and O–H groups in total. The summed E-state index contributed by atoms with van der Waals surface area (Å²) in [7, 11) is 4.72. The molecule has 0 aromatic heterocycles. The van der Waals surface area contributed by atoms with E-state index in [0.29, 0.717) is 22.7 Å². The Balaban J connectivity index is 1.98. The zero-order valence-corrected chi connectivity index (χ0v) is 14.8. The van der Waals surface area contributed by atoms with Gasteiger partial charge in [-0.2, -0.15) is 0 Å². The van der Waals surface area contributed by atoms with Crippen molar-refractivity contribution in [3.05, 3.63) is 53.6 Å². The lowest BCUT2D eigenvalue weighted by Gasteiger charge is -2.17. The summed E-state index contributed by atoms with van der Waals surface area (Å²) in [5.41, 5.74) is 2.06. The monoisotopic (exact) mass is 342 g/mol. The molecule has 0 aliphatic rings. The van der Waals surface area contributed by atoms with Gasteiger partial charge in [-0.15, -0.1) is 0 Å². The second kappa shape index (κ2) is 8.19. The van der Waals surface area contributed by atoms with Gasteiger partial charge in [0.05, 0.1) is 20.8 Å². The minimum Gasteiger partial charge on any atom is -0.497 e. The lowest BCUT2D eigenvalue weighted by Crippen LogP contribution is -2.34. The lowest BCUT2D eigenvalue weighted by molar-refractivity contribution is -0.116. The number of benzene rings is 2. The van der Waals surface area contributed by atoms with E-state index in [0.717, 1.165) is 5.56 Å². The molecule has 0 atom stereocenters. The van der Waals surface area contributed by atoms with Crippen LogP contribution in [-0.4, -0.2) is 44.5 Å². The number of anilines is 1. The average Bonchev–Trinajstić information content (AvgIpc) is 2.62. The maximum absolute atomic E-state index is 12.5. The molecule has 0 saturated carbocycles. The third kappa shape index (κ3) is 4.73. The van der Waals surface area contributed by atoms with Crippen molar-refractivity contribution in [1.82, 2.24) is 4.90 Å². The number of rotatable bonds is 6. The van der Waals surface area contributed by atoms with Gasteiger partial charge < -0.3 is 19.7 Å². The Labute approximate surface area is 147 Å². The second-order valence-electron chi connectivity index (χ2n) is 5.62. The molecule has 25 heavy (non-hydrogen) atoms. The van der Waals surface area contributed by atoms with E-state index in [1.54, 1.807) is 57.7 Å². The number of amides is 2. The molecule has 0 heterocycles. The number of nitrogens with one attached hydrogen (secondary N) is 1. The highest BCUT2D eigenvalue weighted by Gasteiger charge is 2.16. The smallest absolute Gasteiger partial charge is 0.254 e. The van der Waals surface area contributed by atoms with Crippen LogP contribution in [0.2, 0.25) is 0 Å². The first-order chi connectivity index (χ1) is 11.9. The summed E-state index contributed by atoms with van der Waals surface area (Å²) in [5.74, 6) is 0.823. The number of carbonyl (C=O) groups is 2. The zero-order chi connectivity index (χ0) is 18.4. The molecule has 2 aromatic carbocycles. The molecule has 0 saturated heterocycles. The summed E-state index contributed by atoms with van der Waals surface area (Å²) < 4.78 is 10.3. The number of ether oxygens (including phenoxy) is 2. The van der Waals surface area contributed by atoms with E-state index in [1.165, 1.54) is 4.90 Å². The van der Waals surface area contributed by atoms with Gasteiger partial charge in [0.15, 0.2) is 0 Å². The van der Waals surface area contributed by atoms with Crippen LogP contribution in [-0.2, 0) is 4.79 Å². The fourth-order valence-corrected chi connectivity index (χ4v) is 2.34. The third-order valence-corrected chi connectivity index (χ3v) is 3.76. The molecule has 0 fully saturated rings. The summed E-state index contributed by atoms with van der Waals surface area (Å²) in [6, 6.07) is 12.2. The second-order valence-corrected chi connectivity index (χ2v) is 5.62. The topological polar surface area (TPSA) is 67.9 Å². The summed E-state index contributed by atoms with van der Waals surface area (Å²) in [4.78, 5) is 26.0. The molecule has 0 spiro atoms. The van der Waals surface area contributed by atoms with Crippen LogP contribution in [0.4, 0.5) is 5.69 Å². The maximum atomic E-state index is 12.5. The van der Waals surface area contributed by atoms with Gasteiger partial charge in [0.2, 0.25) is 5.91 Å². The average molecular weight is 342 g/mol. The van der Waals surface area contributed by atoms with E-state index in [1.807, 2.05) is 13.0 Å². The fourth-order valence-electron chi connectivity index (χ4n) is 2.34. The minimum atomic E-state index is -0.278. The highest BCUT2D eigenvalue weighted by atomic mass is 16.5. The Hall–Kier alpha value is -3.02. The predicted molar refractivity (Wildman–Crippen MR) is 96.3 cm³/mol. The maximum Gasteiger partial charge on any atom is 0.254 e. The zero-order valence-electron chi connectivity index (χ0n) is 14.8. The Kier molecular flexibility index (Phi) is 6.00. The molecule has 0 unspecified atom stereocenters. The van der Waals surface area contributed by atoms with Crippen LogP contribution in [0.15, 0.2) is 42.5 Å². The molecule has 2 amide bonds. The highest BCUT2D eigenvalue weighted by molar-refractivity contribution is 5.99. The third-order valence-electron chi connectivity index (χ3n) is 3.76. The van der Waals surface area contributed by atoms with Crippen molar-refractivity contribution in [3.8, 4) is 11.5 Å². The van der Waals surface area contributed by atoms with Gasteiger partial charge in [0.25, 0.3) is 5.91 Å². The first-order valence-corrected chi connectivity index (χ1v) is 7.78. The van der Waals surface area contributed by atoms with Gasteiger partial charge in [-0.05, 0) is 48.9 Å². The van der Waals surface area contributed by atoms with Crippen LogP contribution in [0.1, 0.15) is 15.9 Å². The van der Waals surface area contributed by atoms with E-state index in [4.69, 9.17) is 9.47 Å². The number of nitrogens with zero attached hydrogens (tertiary/aromatic N) is 1. The molecule has 6 nitrogen and oxygen atoms in total. The van der Waals surface area contributed by atoms with Crippen LogP contribution in [0.5, 0.6) is 11.5 Å². The number of likely N-dealkylation sites (N-methyl/N-ethyl adjacent to an activating group) is 1. The molecule has 0 aliphatic heterocycles. The Morgan fingerprint density at radius 1 is 1.04 bits per heavy atom. The van der Waals surface area contributed by atoms with Gasteiger partial charge in [-0.3, -0.25) is 9.59 Å². The van der Waals surface area contributed by atoms with Gasteiger partial charge in [0, 0.05) is 18.3 Å². The van der Waals surface area contributed by atoms with Crippen molar-refractivity contribution in [3.63, 3.8) is 0 Å². The summed E-state index contributed by atoms with van der Waals surface area (Å²) in [6.45, 7) is 1.85. The van der Waals surface area contributed by atoms with Crippen LogP contribution >= 0.6 is 0 Å². The van der Waals surface area contributed by atoms with Crippen molar-refractivity contribution in [2.45, 2.75) is 6.92 Å². The molecule has 0 bridgehead atoms. The van der Waals surface area contributed by atoms with Gasteiger partial charge in [-0.1, -0.05) is 6.07 Å². The SMILES string of the molecule is COc1ccc(NC(=O)CN(C)C(=O)c2ccc(C)c(OC)c2)cc1. The van der Waals surface area contributed by atoms with Crippen LogP contribution < -0.4 is 14.8 Å². The van der Waals surface area contributed by atoms with Crippen molar-refractivity contribution in [2.75, 3.05) is 33.1 Å². The van der Waals surface area contributed by atoms with Crippen LogP contribution in [0.3, 0.4) is 0 Å². The fraction of sp³-hybridized carbons (Fsp3) is 0.263. The quantitative estimate of drug-likeness (QED) is 0.876. The normalized spacial score (nSPS) is 10.1.